The molecule has 54 valence electrons. The largest absolute Gasteiger partial charge is 0.299 e. The average Bonchev–Trinajstić information content (AvgIpc) is 1.59. The molecule has 1 saturated heterocycles. The summed E-state index contributed by atoms with van der Waals surface area (Å²) in [7, 11) is 0. The molecule has 0 aromatic heterocycles. The van der Waals surface area contributed by atoms with Gasteiger partial charge in [0.25, 0.3) is 0 Å². The lowest BCUT2D eigenvalue weighted by Gasteiger charge is -2.26. The molecule has 0 aromatic rings. The Labute approximate surface area is 59.6 Å². The normalized spacial score (nSPS) is 45.0. The Balaban J connectivity index is 2.34. The van der Waals surface area contributed by atoms with E-state index >= 15 is 0 Å². The number of alkyl halides is 2. The molecule has 1 fully saturated rings. The van der Waals surface area contributed by atoms with Crippen LogP contribution in [-0.4, -0.2) is 17.7 Å². The van der Waals surface area contributed by atoms with E-state index < -0.39 is 6.17 Å². The minimum absolute atomic E-state index is 0.163. The number of hydrogen-bond donors (Lipinski definition) is 1. The fourth-order valence-electron chi connectivity index (χ4n) is 1.15. The predicted molar refractivity (Wildman–Crippen MR) is 36.4 cm³/mol. The van der Waals surface area contributed by atoms with Crippen molar-refractivity contribution in [3.05, 3.63) is 0 Å². The molecule has 9 heavy (non-hydrogen) atoms. The van der Waals surface area contributed by atoms with Gasteiger partial charge in [-0.3, -0.25) is 5.32 Å². The van der Waals surface area contributed by atoms with Crippen molar-refractivity contribution in [2.24, 2.45) is 0 Å². The summed E-state index contributed by atoms with van der Waals surface area (Å²) in [6.07, 6.45) is 0.346. The van der Waals surface area contributed by atoms with Gasteiger partial charge in [-0.15, -0.1) is 11.6 Å². The predicted octanol–water partition coefficient (Wildman–Crippen LogP) is 1.66. The minimum atomic E-state index is -0.705. The Morgan fingerprint density at radius 3 is 2.67 bits per heavy atom. The third-order valence-corrected chi connectivity index (χ3v) is 1.84. The fourth-order valence-corrected chi connectivity index (χ4v) is 1.56. The van der Waals surface area contributed by atoms with Gasteiger partial charge in [-0.1, -0.05) is 0 Å². The summed E-state index contributed by atoms with van der Waals surface area (Å²) in [5, 5.41) is 3.04. The van der Waals surface area contributed by atoms with Crippen LogP contribution in [0.5, 0.6) is 0 Å². The molecule has 0 saturated carbocycles. The number of halogens is 2. The second-order valence-electron chi connectivity index (χ2n) is 2.60. The highest BCUT2D eigenvalue weighted by molar-refractivity contribution is 6.20. The molecule has 3 atom stereocenters. The molecular weight excluding hydrogens is 141 g/mol. The number of rotatable bonds is 0. The molecule has 1 aliphatic heterocycles. The van der Waals surface area contributed by atoms with Gasteiger partial charge < -0.3 is 0 Å². The van der Waals surface area contributed by atoms with E-state index in [2.05, 4.69) is 5.32 Å². The van der Waals surface area contributed by atoms with Crippen LogP contribution < -0.4 is 5.32 Å². The van der Waals surface area contributed by atoms with Crippen molar-refractivity contribution in [2.45, 2.75) is 37.5 Å². The van der Waals surface area contributed by atoms with Crippen LogP contribution in [0.2, 0.25) is 0 Å². The van der Waals surface area contributed by atoms with Crippen LogP contribution in [0.25, 0.3) is 0 Å². The van der Waals surface area contributed by atoms with Crippen molar-refractivity contribution in [3.8, 4) is 0 Å². The SMILES string of the molecule is CC1CC(F)CC(Cl)N1. The van der Waals surface area contributed by atoms with Gasteiger partial charge in [-0.2, -0.15) is 0 Å². The fraction of sp³-hybridized carbons (Fsp3) is 1.00. The van der Waals surface area contributed by atoms with Gasteiger partial charge in [0.2, 0.25) is 0 Å². The van der Waals surface area contributed by atoms with E-state index in [1.807, 2.05) is 6.92 Å². The highest BCUT2D eigenvalue weighted by Crippen LogP contribution is 2.18. The molecule has 1 aliphatic rings. The van der Waals surface area contributed by atoms with Crippen molar-refractivity contribution in [1.82, 2.24) is 5.32 Å². The van der Waals surface area contributed by atoms with Gasteiger partial charge in [0.05, 0.1) is 5.50 Å². The quantitative estimate of drug-likeness (QED) is 0.410. The van der Waals surface area contributed by atoms with Gasteiger partial charge in [0, 0.05) is 12.5 Å². The maximum atomic E-state index is 12.6. The highest BCUT2D eigenvalue weighted by Gasteiger charge is 2.23. The molecule has 1 heterocycles. The van der Waals surface area contributed by atoms with Crippen LogP contribution in [0.4, 0.5) is 4.39 Å². The Hall–Kier alpha value is 0.180. The molecule has 0 aromatic carbocycles. The van der Waals surface area contributed by atoms with E-state index in [0.29, 0.717) is 12.8 Å². The first-order valence-corrected chi connectivity index (χ1v) is 3.66. The Kier molecular flexibility index (Phi) is 2.30. The van der Waals surface area contributed by atoms with Crippen LogP contribution in [0.15, 0.2) is 0 Å². The molecule has 3 unspecified atom stereocenters. The standard InChI is InChI=1S/C6H11ClFN/c1-4-2-5(8)3-6(7)9-4/h4-6,9H,2-3H2,1H3. The second kappa shape index (κ2) is 2.84. The van der Waals surface area contributed by atoms with Gasteiger partial charge in [0.15, 0.2) is 0 Å². The molecule has 1 N–H and O–H groups in total. The van der Waals surface area contributed by atoms with Crippen molar-refractivity contribution < 1.29 is 4.39 Å². The highest BCUT2D eigenvalue weighted by atomic mass is 35.5. The zero-order chi connectivity index (χ0) is 6.85. The van der Waals surface area contributed by atoms with Crippen LogP contribution in [0.3, 0.4) is 0 Å². The molecule has 0 radical (unpaired) electrons. The summed E-state index contributed by atoms with van der Waals surface area (Å²) in [6.45, 7) is 1.95. The van der Waals surface area contributed by atoms with Crippen LogP contribution in [-0.2, 0) is 0 Å². The number of piperidine rings is 1. The number of nitrogens with one attached hydrogen (secondary N) is 1. The second-order valence-corrected chi connectivity index (χ2v) is 3.13. The van der Waals surface area contributed by atoms with Crippen molar-refractivity contribution in [1.29, 1.82) is 0 Å². The minimum Gasteiger partial charge on any atom is -0.299 e. The van der Waals surface area contributed by atoms with Crippen LogP contribution in [0, 0.1) is 0 Å². The average molecular weight is 152 g/mol. The summed E-state index contributed by atoms with van der Waals surface area (Å²) >= 11 is 5.66. The first-order valence-electron chi connectivity index (χ1n) is 3.22. The smallest absolute Gasteiger partial charge is 0.104 e. The maximum Gasteiger partial charge on any atom is 0.104 e. The van der Waals surface area contributed by atoms with Gasteiger partial charge in [-0.05, 0) is 13.3 Å². The van der Waals surface area contributed by atoms with E-state index in [9.17, 15) is 4.39 Å². The summed E-state index contributed by atoms with van der Waals surface area (Å²) < 4.78 is 12.6. The summed E-state index contributed by atoms with van der Waals surface area (Å²) in [5.41, 5.74) is -0.163. The summed E-state index contributed by atoms with van der Waals surface area (Å²) in [4.78, 5) is 0. The monoisotopic (exact) mass is 151 g/mol. The molecule has 0 spiro atoms. The van der Waals surface area contributed by atoms with Crippen molar-refractivity contribution in [2.75, 3.05) is 0 Å². The third-order valence-electron chi connectivity index (χ3n) is 1.54. The molecule has 1 rings (SSSR count). The Bertz CT molecular complexity index is 74.0. The van der Waals surface area contributed by atoms with E-state index in [-0.39, 0.29) is 11.5 Å². The molecule has 0 bridgehead atoms. The zero-order valence-corrected chi connectivity index (χ0v) is 6.16. The Morgan fingerprint density at radius 1 is 1.56 bits per heavy atom. The number of hydrogen-bond acceptors (Lipinski definition) is 1. The third kappa shape index (κ3) is 2.11. The lowest BCUT2D eigenvalue weighted by molar-refractivity contribution is 0.218. The van der Waals surface area contributed by atoms with E-state index in [0.717, 1.165) is 0 Å². The Morgan fingerprint density at radius 2 is 2.22 bits per heavy atom. The zero-order valence-electron chi connectivity index (χ0n) is 5.40. The molecule has 1 nitrogen and oxygen atoms in total. The summed E-state index contributed by atoms with van der Waals surface area (Å²) in [6, 6.07) is 0.233. The maximum absolute atomic E-state index is 12.6. The first-order chi connectivity index (χ1) is 4.18. The van der Waals surface area contributed by atoms with Gasteiger partial charge in [0.1, 0.15) is 6.17 Å². The van der Waals surface area contributed by atoms with Crippen LogP contribution in [0.1, 0.15) is 19.8 Å². The molecule has 0 amide bonds. The summed E-state index contributed by atoms with van der Waals surface area (Å²) in [5.74, 6) is 0. The van der Waals surface area contributed by atoms with E-state index in [4.69, 9.17) is 11.6 Å². The first kappa shape index (κ1) is 7.29. The van der Waals surface area contributed by atoms with Gasteiger partial charge >= 0.3 is 0 Å². The van der Waals surface area contributed by atoms with E-state index in [1.165, 1.54) is 0 Å². The lowest BCUT2D eigenvalue weighted by atomic mass is 10.1. The van der Waals surface area contributed by atoms with Crippen LogP contribution >= 0.6 is 11.6 Å². The van der Waals surface area contributed by atoms with Crippen molar-refractivity contribution >= 4 is 11.6 Å². The molecular formula is C6H11ClFN. The van der Waals surface area contributed by atoms with Gasteiger partial charge in [-0.25, -0.2) is 4.39 Å². The van der Waals surface area contributed by atoms with Crippen molar-refractivity contribution in [3.63, 3.8) is 0 Å². The lowest BCUT2D eigenvalue weighted by Crippen LogP contribution is -2.41. The topological polar surface area (TPSA) is 12.0 Å². The molecule has 0 aliphatic carbocycles. The van der Waals surface area contributed by atoms with E-state index in [1.54, 1.807) is 0 Å². The molecule has 3 heteroatoms.